The van der Waals surface area contributed by atoms with E-state index in [1.165, 1.54) is 6.42 Å². The molecule has 1 saturated carbocycles. The molecule has 0 amide bonds. The third-order valence-electron chi connectivity index (χ3n) is 3.04. The summed E-state index contributed by atoms with van der Waals surface area (Å²) in [5, 5.41) is 12.3. The highest BCUT2D eigenvalue weighted by molar-refractivity contribution is 5.00. The van der Waals surface area contributed by atoms with E-state index in [4.69, 9.17) is 9.68 Å². The summed E-state index contributed by atoms with van der Waals surface area (Å²) in [4.78, 5) is 0. The van der Waals surface area contributed by atoms with Gasteiger partial charge in [-0.25, -0.2) is 0 Å². The number of nitrogens with zero attached hydrogens (tertiary/aromatic N) is 1. The van der Waals surface area contributed by atoms with Crippen molar-refractivity contribution in [3.8, 4) is 6.07 Å². The van der Waals surface area contributed by atoms with Gasteiger partial charge in [-0.2, -0.15) is 5.26 Å². The third-order valence-corrected chi connectivity index (χ3v) is 3.04. The van der Waals surface area contributed by atoms with Crippen molar-refractivity contribution < 1.29 is 4.42 Å². The van der Waals surface area contributed by atoms with E-state index < -0.39 is 0 Å². The van der Waals surface area contributed by atoms with Gasteiger partial charge in [-0.3, -0.25) is 0 Å². The number of nitriles is 1. The average molecular weight is 204 g/mol. The molecule has 15 heavy (non-hydrogen) atoms. The van der Waals surface area contributed by atoms with E-state index in [-0.39, 0.29) is 5.92 Å². The van der Waals surface area contributed by atoms with E-state index in [1.807, 2.05) is 12.1 Å². The lowest BCUT2D eigenvalue weighted by Gasteiger charge is -2.14. The Balaban J connectivity index is 1.72. The van der Waals surface area contributed by atoms with Crippen LogP contribution < -0.4 is 5.32 Å². The number of rotatable bonds is 4. The molecule has 0 aliphatic heterocycles. The summed E-state index contributed by atoms with van der Waals surface area (Å²) in [6, 6.07) is 6.66. The molecule has 0 bridgehead atoms. The molecule has 0 saturated heterocycles. The van der Waals surface area contributed by atoms with E-state index in [1.54, 1.807) is 6.26 Å². The monoisotopic (exact) mass is 204 g/mol. The Hall–Kier alpha value is -1.27. The maximum Gasteiger partial charge on any atom is 0.105 e. The topological polar surface area (TPSA) is 49.0 Å². The Kier molecular flexibility index (Phi) is 3.41. The fourth-order valence-corrected chi connectivity index (χ4v) is 2.19. The van der Waals surface area contributed by atoms with Gasteiger partial charge in [0.25, 0.3) is 0 Å². The zero-order chi connectivity index (χ0) is 10.5. The van der Waals surface area contributed by atoms with Gasteiger partial charge in [0, 0.05) is 19.0 Å². The van der Waals surface area contributed by atoms with Crippen molar-refractivity contribution in [2.75, 3.05) is 6.54 Å². The van der Waals surface area contributed by atoms with Crippen LogP contribution in [0.15, 0.2) is 22.8 Å². The molecule has 1 aliphatic carbocycles. The van der Waals surface area contributed by atoms with E-state index in [0.29, 0.717) is 6.04 Å². The predicted molar refractivity (Wildman–Crippen MR) is 57.2 cm³/mol. The Morgan fingerprint density at radius 2 is 2.47 bits per heavy atom. The molecule has 0 aromatic carbocycles. The zero-order valence-electron chi connectivity index (χ0n) is 8.78. The van der Waals surface area contributed by atoms with Crippen LogP contribution in [-0.2, 0) is 6.42 Å². The van der Waals surface area contributed by atoms with Crippen molar-refractivity contribution in [1.29, 1.82) is 5.26 Å². The Labute approximate surface area is 90.1 Å². The minimum absolute atomic E-state index is 0.210. The molecule has 1 aromatic heterocycles. The van der Waals surface area contributed by atoms with Crippen LogP contribution in [0.1, 0.15) is 25.0 Å². The van der Waals surface area contributed by atoms with Crippen molar-refractivity contribution in [1.82, 2.24) is 5.32 Å². The van der Waals surface area contributed by atoms with E-state index in [2.05, 4.69) is 11.4 Å². The quantitative estimate of drug-likeness (QED) is 0.817. The average Bonchev–Trinajstić information content (AvgIpc) is 2.88. The molecule has 2 atom stereocenters. The van der Waals surface area contributed by atoms with Crippen molar-refractivity contribution in [3.63, 3.8) is 0 Å². The van der Waals surface area contributed by atoms with Crippen LogP contribution in [0.5, 0.6) is 0 Å². The van der Waals surface area contributed by atoms with Gasteiger partial charge in [0.15, 0.2) is 0 Å². The SMILES string of the molecule is N#CC1CCCC1NCCc1ccco1. The first-order valence-electron chi connectivity index (χ1n) is 5.55. The highest BCUT2D eigenvalue weighted by Gasteiger charge is 2.26. The van der Waals surface area contributed by atoms with Crippen LogP contribution in [0.2, 0.25) is 0 Å². The predicted octanol–water partition coefficient (Wildman–Crippen LogP) is 2.10. The smallest absolute Gasteiger partial charge is 0.105 e. The summed E-state index contributed by atoms with van der Waals surface area (Å²) in [7, 11) is 0. The van der Waals surface area contributed by atoms with Crippen molar-refractivity contribution >= 4 is 0 Å². The molecule has 80 valence electrons. The largest absolute Gasteiger partial charge is 0.469 e. The van der Waals surface area contributed by atoms with Gasteiger partial charge in [0.05, 0.1) is 18.3 Å². The molecule has 0 spiro atoms. The van der Waals surface area contributed by atoms with Crippen LogP contribution in [0.4, 0.5) is 0 Å². The molecule has 3 nitrogen and oxygen atoms in total. The Morgan fingerprint density at radius 1 is 1.53 bits per heavy atom. The summed E-state index contributed by atoms with van der Waals surface area (Å²) in [6.45, 7) is 0.899. The van der Waals surface area contributed by atoms with E-state index in [0.717, 1.165) is 31.6 Å². The first-order valence-corrected chi connectivity index (χ1v) is 5.55. The zero-order valence-corrected chi connectivity index (χ0v) is 8.78. The highest BCUT2D eigenvalue weighted by atomic mass is 16.3. The van der Waals surface area contributed by atoms with Crippen LogP contribution in [0, 0.1) is 17.2 Å². The van der Waals surface area contributed by atoms with Crippen molar-refractivity contribution in [2.45, 2.75) is 31.7 Å². The summed E-state index contributed by atoms with van der Waals surface area (Å²) in [6.07, 6.45) is 5.96. The third kappa shape index (κ3) is 2.60. The minimum atomic E-state index is 0.210. The van der Waals surface area contributed by atoms with E-state index in [9.17, 15) is 0 Å². The number of nitrogens with one attached hydrogen (secondary N) is 1. The van der Waals surface area contributed by atoms with Gasteiger partial charge in [0.2, 0.25) is 0 Å². The molecular formula is C12H16N2O. The summed E-state index contributed by atoms with van der Waals surface area (Å²) >= 11 is 0. The molecule has 1 aromatic rings. The first-order chi connectivity index (χ1) is 7.40. The van der Waals surface area contributed by atoms with Gasteiger partial charge in [-0.05, 0) is 25.0 Å². The molecule has 2 unspecified atom stereocenters. The molecule has 1 heterocycles. The fourth-order valence-electron chi connectivity index (χ4n) is 2.19. The molecular weight excluding hydrogens is 188 g/mol. The summed E-state index contributed by atoms with van der Waals surface area (Å²) in [5.74, 6) is 1.22. The maximum atomic E-state index is 8.91. The van der Waals surface area contributed by atoms with Gasteiger partial charge in [-0.1, -0.05) is 6.42 Å². The molecule has 2 rings (SSSR count). The summed E-state index contributed by atoms with van der Waals surface area (Å²) < 4.78 is 5.25. The number of hydrogen-bond acceptors (Lipinski definition) is 3. The molecule has 1 fully saturated rings. The highest BCUT2D eigenvalue weighted by Crippen LogP contribution is 2.24. The van der Waals surface area contributed by atoms with Crippen LogP contribution in [0.3, 0.4) is 0 Å². The van der Waals surface area contributed by atoms with Crippen LogP contribution in [-0.4, -0.2) is 12.6 Å². The Morgan fingerprint density at radius 3 is 3.20 bits per heavy atom. The normalized spacial score (nSPS) is 25.3. The minimum Gasteiger partial charge on any atom is -0.469 e. The second-order valence-corrected chi connectivity index (χ2v) is 4.06. The Bertz CT molecular complexity index is 326. The van der Waals surface area contributed by atoms with Crippen LogP contribution in [0.25, 0.3) is 0 Å². The molecule has 0 radical (unpaired) electrons. The lowest BCUT2D eigenvalue weighted by Crippen LogP contribution is -2.33. The summed E-state index contributed by atoms with van der Waals surface area (Å²) in [5.41, 5.74) is 0. The maximum absolute atomic E-state index is 8.91. The van der Waals surface area contributed by atoms with E-state index >= 15 is 0 Å². The number of hydrogen-bond donors (Lipinski definition) is 1. The first kappa shape index (κ1) is 10.3. The van der Waals surface area contributed by atoms with Gasteiger partial charge in [0.1, 0.15) is 5.76 Å². The van der Waals surface area contributed by atoms with Crippen LogP contribution >= 0.6 is 0 Å². The lowest BCUT2D eigenvalue weighted by atomic mass is 10.1. The second-order valence-electron chi connectivity index (χ2n) is 4.06. The lowest BCUT2D eigenvalue weighted by molar-refractivity contribution is 0.445. The fraction of sp³-hybridized carbons (Fsp3) is 0.583. The van der Waals surface area contributed by atoms with Crippen molar-refractivity contribution in [2.24, 2.45) is 5.92 Å². The van der Waals surface area contributed by atoms with Gasteiger partial charge >= 0.3 is 0 Å². The molecule has 3 heteroatoms. The molecule has 1 aliphatic rings. The van der Waals surface area contributed by atoms with Gasteiger partial charge in [-0.15, -0.1) is 0 Å². The molecule has 1 N–H and O–H groups in total. The number of furan rings is 1. The standard InChI is InChI=1S/C12H16N2O/c13-9-10-3-1-5-12(10)14-7-6-11-4-2-8-15-11/h2,4,8,10,12,14H,1,3,5-7H2. The van der Waals surface area contributed by atoms with Crippen molar-refractivity contribution in [3.05, 3.63) is 24.2 Å². The van der Waals surface area contributed by atoms with Gasteiger partial charge < -0.3 is 9.73 Å². The second kappa shape index (κ2) is 4.99.